The van der Waals surface area contributed by atoms with Gasteiger partial charge in [0.25, 0.3) is 10.0 Å². The van der Waals surface area contributed by atoms with E-state index in [4.69, 9.17) is 11.6 Å². The molecule has 0 fully saturated rings. The summed E-state index contributed by atoms with van der Waals surface area (Å²) in [5.74, 6) is 0.278. The number of aromatic nitrogens is 2. The Morgan fingerprint density at radius 1 is 1.21 bits per heavy atom. The van der Waals surface area contributed by atoms with Crippen molar-refractivity contribution in [2.75, 3.05) is 4.72 Å². The number of halogens is 1. The molecule has 2 aromatic heterocycles. The highest BCUT2D eigenvalue weighted by Gasteiger charge is 2.19. The topological polar surface area (TPSA) is 74.8 Å². The van der Waals surface area contributed by atoms with E-state index in [1.54, 1.807) is 12.1 Å². The molecule has 1 aromatic carbocycles. The number of nitrogens with zero attached hydrogens (tertiary/aromatic N) is 1. The summed E-state index contributed by atoms with van der Waals surface area (Å²) < 4.78 is 27.3. The number of aromatic amines is 1. The fourth-order valence-corrected chi connectivity index (χ4v) is 4.17. The molecule has 3 rings (SSSR count). The van der Waals surface area contributed by atoms with E-state index in [2.05, 4.69) is 14.9 Å². The van der Waals surface area contributed by atoms with Crippen LogP contribution >= 0.6 is 22.9 Å². The summed E-state index contributed by atoms with van der Waals surface area (Å²) in [6.45, 7) is 0. The molecule has 0 aliphatic rings. The predicted octanol–water partition coefficient (Wildman–Crippen LogP) is 3.08. The minimum absolute atomic E-state index is 0.157. The molecule has 0 aliphatic carbocycles. The van der Waals surface area contributed by atoms with E-state index in [0.717, 1.165) is 16.9 Å². The lowest BCUT2D eigenvalue weighted by atomic mass is 10.2. The van der Waals surface area contributed by atoms with Crippen LogP contribution < -0.4 is 4.72 Å². The molecule has 3 aromatic rings. The van der Waals surface area contributed by atoms with Gasteiger partial charge in [0.1, 0.15) is 4.21 Å². The standard InChI is InChI=1S/C11H8ClN3O2S2/c12-9-5-6-10(18-9)19(16,17)15-11-7-3-1-2-4-8(7)13-14-11/h1-6H,(H2,13,14,15). The van der Waals surface area contributed by atoms with Crippen LogP contribution in [-0.4, -0.2) is 18.6 Å². The normalized spacial score (nSPS) is 11.8. The average molecular weight is 314 g/mol. The predicted molar refractivity (Wildman–Crippen MR) is 76.2 cm³/mol. The van der Waals surface area contributed by atoms with E-state index in [-0.39, 0.29) is 10.0 Å². The smallest absolute Gasteiger partial charge is 0.272 e. The lowest BCUT2D eigenvalue weighted by Crippen LogP contribution is -2.11. The molecule has 0 unspecified atom stereocenters. The molecule has 0 aliphatic heterocycles. The summed E-state index contributed by atoms with van der Waals surface area (Å²) in [5, 5.41) is 7.45. The highest BCUT2D eigenvalue weighted by molar-refractivity contribution is 7.94. The molecule has 0 saturated heterocycles. The molecular formula is C11H8ClN3O2S2. The van der Waals surface area contributed by atoms with Gasteiger partial charge in [-0.3, -0.25) is 9.82 Å². The monoisotopic (exact) mass is 313 g/mol. The number of rotatable bonds is 3. The lowest BCUT2D eigenvalue weighted by Gasteiger charge is -2.02. The van der Waals surface area contributed by atoms with Crippen molar-refractivity contribution in [3.63, 3.8) is 0 Å². The maximum atomic E-state index is 12.1. The van der Waals surface area contributed by atoms with Crippen molar-refractivity contribution < 1.29 is 8.42 Å². The second-order valence-electron chi connectivity index (χ2n) is 3.78. The van der Waals surface area contributed by atoms with Crippen molar-refractivity contribution in [1.29, 1.82) is 0 Å². The highest BCUT2D eigenvalue weighted by Crippen LogP contribution is 2.28. The molecule has 8 heteroatoms. The van der Waals surface area contributed by atoms with Crippen LogP contribution in [0.3, 0.4) is 0 Å². The third kappa shape index (κ3) is 2.32. The van der Waals surface area contributed by atoms with Crippen molar-refractivity contribution in [2.24, 2.45) is 0 Å². The molecule has 19 heavy (non-hydrogen) atoms. The van der Waals surface area contributed by atoms with Gasteiger partial charge in [0.05, 0.1) is 9.85 Å². The number of benzene rings is 1. The van der Waals surface area contributed by atoms with Gasteiger partial charge in [-0.15, -0.1) is 11.3 Å². The third-order valence-corrected chi connectivity index (χ3v) is 5.58. The molecule has 5 nitrogen and oxygen atoms in total. The Morgan fingerprint density at radius 3 is 2.74 bits per heavy atom. The molecule has 2 N–H and O–H groups in total. The van der Waals surface area contributed by atoms with Crippen molar-refractivity contribution in [2.45, 2.75) is 4.21 Å². The van der Waals surface area contributed by atoms with Gasteiger partial charge in [-0.05, 0) is 24.3 Å². The van der Waals surface area contributed by atoms with Crippen LogP contribution in [0.25, 0.3) is 10.9 Å². The summed E-state index contributed by atoms with van der Waals surface area (Å²) in [7, 11) is -3.65. The Morgan fingerprint density at radius 2 is 2.00 bits per heavy atom. The van der Waals surface area contributed by atoms with Gasteiger partial charge in [-0.1, -0.05) is 23.7 Å². The van der Waals surface area contributed by atoms with Crippen molar-refractivity contribution >= 4 is 49.7 Å². The molecule has 0 amide bonds. The van der Waals surface area contributed by atoms with Gasteiger partial charge < -0.3 is 0 Å². The van der Waals surface area contributed by atoms with Crippen LogP contribution in [0, 0.1) is 0 Å². The van der Waals surface area contributed by atoms with Crippen LogP contribution in [0.2, 0.25) is 4.34 Å². The molecular weight excluding hydrogens is 306 g/mol. The molecule has 0 saturated carbocycles. The number of nitrogens with one attached hydrogen (secondary N) is 2. The number of thiophene rings is 1. The van der Waals surface area contributed by atoms with E-state index < -0.39 is 10.0 Å². The Bertz CT molecular complexity index is 838. The number of fused-ring (bicyclic) bond motifs is 1. The Hall–Kier alpha value is -1.57. The maximum absolute atomic E-state index is 12.1. The van der Waals surface area contributed by atoms with Gasteiger partial charge in [-0.25, -0.2) is 8.42 Å². The quantitative estimate of drug-likeness (QED) is 0.780. The zero-order valence-corrected chi connectivity index (χ0v) is 11.8. The largest absolute Gasteiger partial charge is 0.276 e. The zero-order valence-electron chi connectivity index (χ0n) is 9.42. The van der Waals surface area contributed by atoms with Crippen molar-refractivity contribution in [3.8, 4) is 0 Å². The summed E-state index contributed by atoms with van der Waals surface area (Å²) >= 11 is 6.75. The van der Waals surface area contributed by atoms with Crippen molar-refractivity contribution in [3.05, 3.63) is 40.7 Å². The first-order chi connectivity index (χ1) is 9.06. The first-order valence-corrected chi connectivity index (χ1v) is 7.95. The number of sulfonamides is 1. The molecule has 0 bridgehead atoms. The number of H-pyrrole nitrogens is 1. The van der Waals surface area contributed by atoms with E-state index in [1.165, 1.54) is 6.07 Å². The van der Waals surface area contributed by atoms with Gasteiger partial charge in [0.15, 0.2) is 5.82 Å². The lowest BCUT2D eigenvalue weighted by molar-refractivity contribution is 0.603. The molecule has 0 atom stereocenters. The third-order valence-electron chi connectivity index (χ3n) is 2.51. The van der Waals surface area contributed by atoms with Gasteiger partial charge in [0.2, 0.25) is 0 Å². The summed E-state index contributed by atoms with van der Waals surface area (Å²) in [6.07, 6.45) is 0. The van der Waals surface area contributed by atoms with Gasteiger partial charge in [0, 0.05) is 5.39 Å². The van der Waals surface area contributed by atoms with Crippen LogP contribution in [-0.2, 0) is 10.0 Å². The van der Waals surface area contributed by atoms with E-state index >= 15 is 0 Å². The molecule has 0 radical (unpaired) electrons. The summed E-state index contributed by atoms with van der Waals surface area (Å²) in [6, 6.07) is 10.3. The average Bonchev–Trinajstić information content (AvgIpc) is 2.97. The second-order valence-corrected chi connectivity index (χ2v) is 7.41. The second kappa shape index (κ2) is 4.52. The molecule has 98 valence electrons. The fraction of sp³-hybridized carbons (Fsp3) is 0. The van der Waals surface area contributed by atoms with E-state index in [1.807, 2.05) is 18.2 Å². The molecule has 2 heterocycles. The maximum Gasteiger partial charge on any atom is 0.272 e. The van der Waals surface area contributed by atoms with Crippen LogP contribution in [0.5, 0.6) is 0 Å². The van der Waals surface area contributed by atoms with Crippen LogP contribution in [0.1, 0.15) is 0 Å². The summed E-state index contributed by atoms with van der Waals surface area (Å²) in [4.78, 5) is 0. The number of hydrogen-bond donors (Lipinski definition) is 2. The summed E-state index contributed by atoms with van der Waals surface area (Å²) in [5.41, 5.74) is 0.768. The number of para-hydroxylation sites is 1. The fourth-order valence-electron chi connectivity index (χ4n) is 1.66. The SMILES string of the molecule is O=S(=O)(Nc1n[nH]c2ccccc12)c1ccc(Cl)s1. The van der Waals surface area contributed by atoms with Crippen LogP contribution in [0.4, 0.5) is 5.82 Å². The zero-order chi connectivity index (χ0) is 13.5. The highest BCUT2D eigenvalue weighted by atomic mass is 35.5. The minimum atomic E-state index is -3.65. The first kappa shape index (κ1) is 12.5. The Labute approximate surface area is 118 Å². The molecule has 0 spiro atoms. The Balaban J connectivity index is 2.01. The van der Waals surface area contributed by atoms with Crippen LogP contribution in [0.15, 0.2) is 40.6 Å². The van der Waals surface area contributed by atoms with Gasteiger partial charge in [-0.2, -0.15) is 5.10 Å². The first-order valence-electron chi connectivity index (χ1n) is 5.27. The van der Waals surface area contributed by atoms with E-state index in [0.29, 0.717) is 9.72 Å². The number of anilines is 1. The van der Waals surface area contributed by atoms with Crippen molar-refractivity contribution in [1.82, 2.24) is 10.2 Å². The van der Waals surface area contributed by atoms with E-state index in [9.17, 15) is 8.42 Å². The Kier molecular flexibility index (Phi) is 2.96. The van der Waals surface area contributed by atoms with Gasteiger partial charge >= 0.3 is 0 Å². The minimum Gasteiger partial charge on any atom is -0.276 e. The number of hydrogen-bond acceptors (Lipinski definition) is 4.